The SMILES string of the molecule is CC1=C(C(=O)NCCN(C)C(=O)OC(C)(C)C)C(c2ccccc2Cl)N=C(Nc2nc3ccc(F)cc3o2)N1. The van der Waals surface area contributed by atoms with E-state index in [9.17, 15) is 14.0 Å². The number of nitrogens with zero attached hydrogens (tertiary/aromatic N) is 3. The van der Waals surface area contributed by atoms with Crippen LogP contribution < -0.4 is 16.0 Å². The van der Waals surface area contributed by atoms with Crippen LogP contribution in [0.5, 0.6) is 0 Å². The number of aliphatic imine (C=N–C) groups is 1. The van der Waals surface area contributed by atoms with Crippen LogP contribution in [0.1, 0.15) is 39.3 Å². The first kappa shape index (κ1) is 27.9. The van der Waals surface area contributed by atoms with Gasteiger partial charge in [0.1, 0.15) is 23.0 Å². The number of allylic oxidation sites excluding steroid dienone is 1. The first-order valence-corrected chi connectivity index (χ1v) is 12.6. The van der Waals surface area contributed by atoms with Crippen LogP contribution in [-0.4, -0.2) is 53.6 Å². The Hall–Kier alpha value is -4.12. The Morgan fingerprint density at radius 3 is 2.69 bits per heavy atom. The molecule has 0 bridgehead atoms. The van der Waals surface area contributed by atoms with Crippen molar-refractivity contribution in [3.05, 3.63) is 70.1 Å². The zero-order chi connectivity index (χ0) is 28.3. The fourth-order valence-electron chi connectivity index (χ4n) is 3.87. The normalized spacial score (nSPS) is 15.5. The number of guanidine groups is 1. The summed E-state index contributed by atoms with van der Waals surface area (Å²) < 4.78 is 24.5. The Balaban J connectivity index is 1.52. The largest absolute Gasteiger partial charge is 0.444 e. The van der Waals surface area contributed by atoms with E-state index < -0.39 is 23.6 Å². The van der Waals surface area contributed by atoms with Crippen LogP contribution >= 0.6 is 11.6 Å². The minimum atomic E-state index is -0.757. The maximum Gasteiger partial charge on any atom is 0.410 e. The van der Waals surface area contributed by atoms with Crippen LogP contribution in [-0.2, 0) is 9.53 Å². The van der Waals surface area contributed by atoms with Crippen LogP contribution in [0, 0.1) is 5.82 Å². The second-order valence-corrected chi connectivity index (χ2v) is 10.4. The maximum atomic E-state index is 13.6. The molecule has 4 rings (SSSR count). The van der Waals surface area contributed by atoms with Gasteiger partial charge in [0.15, 0.2) is 5.58 Å². The van der Waals surface area contributed by atoms with Gasteiger partial charge in [-0.15, -0.1) is 0 Å². The smallest absolute Gasteiger partial charge is 0.410 e. The molecule has 2 aromatic carbocycles. The zero-order valence-corrected chi connectivity index (χ0v) is 23.0. The number of oxazole rings is 1. The molecule has 2 amide bonds. The molecule has 0 saturated carbocycles. The maximum absolute atomic E-state index is 13.6. The van der Waals surface area contributed by atoms with Crippen molar-refractivity contribution < 1.29 is 23.1 Å². The third-order valence-electron chi connectivity index (χ3n) is 5.70. The van der Waals surface area contributed by atoms with E-state index in [2.05, 4.69) is 20.9 Å². The molecule has 1 atom stereocenters. The number of hydrogen-bond acceptors (Lipinski definition) is 8. The van der Waals surface area contributed by atoms with Gasteiger partial charge in [0.05, 0.1) is 5.57 Å². The van der Waals surface area contributed by atoms with E-state index in [0.29, 0.717) is 27.4 Å². The lowest BCUT2D eigenvalue weighted by Gasteiger charge is -2.27. The molecule has 1 aliphatic rings. The minimum Gasteiger partial charge on any atom is -0.444 e. The van der Waals surface area contributed by atoms with Crippen molar-refractivity contribution in [2.45, 2.75) is 39.3 Å². The minimum absolute atomic E-state index is 0.102. The van der Waals surface area contributed by atoms with E-state index >= 15 is 0 Å². The molecule has 0 fully saturated rings. The number of likely N-dealkylation sites (N-methyl/N-ethyl adjacent to an activating group) is 1. The number of fused-ring (bicyclic) bond motifs is 1. The first-order valence-electron chi connectivity index (χ1n) is 12.3. The van der Waals surface area contributed by atoms with Crippen molar-refractivity contribution in [1.82, 2.24) is 20.5 Å². The first-order chi connectivity index (χ1) is 18.4. The lowest BCUT2D eigenvalue weighted by molar-refractivity contribution is -0.117. The number of carbonyl (C=O) groups excluding carboxylic acids is 2. The quantitative estimate of drug-likeness (QED) is 0.391. The van der Waals surface area contributed by atoms with Gasteiger partial charge in [0, 0.05) is 42.5 Å². The van der Waals surface area contributed by atoms with E-state index in [1.54, 1.807) is 52.9 Å². The van der Waals surface area contributed by atoms with E-state index in [4.69, 9.17) is 25.7 Å². The molecule has 3 aromatic rings. The van der Waals surface area contributed by atoms with Gasteiger partial charge >= 0.3 is 12.1 Å². The molecule has 0 saturated heterocycles. The van der Waals surface area contributed by atoms with Crippen LogP contribution in [0.25, 0.3) is 11.1 Å². The predicted octanol–water partition coefficient (Wildman–Crippen LogP) is 4.99. The van der Waals surface area contributed by atoms with Crippen molar-refractivity contribution >= 4 is 46.7 Å². The molecule has 0 aliphatic carbocycles. The highest BCUT2D eigenvalue weighted by Crippen LogP contribution is 2.35. The Morgan fingerprint density at radius 2 is 1.97 bits per heavy atom. The number of nitrogens with one attached hydrogen (secondary N) is 3. The second-order valence-electron chi connectivity index (χ2n) is 9.98. The topological polar surface area (TPSA) is 121 Å². The third kappa shape index (κ3) is 6.85. The molecule has 2 heterocycles. The lowest BCUT2D eigenvalue weighted by Crippen LogP contribution is -2.42. The van der Waals surface area contributed by atoms with Crippen molar-refractivity contribution in [2.24, 2.45) is 4.99 Å². The highest BCUT2D eigenvalue weighted by atomic mass is 35.5. The summed E-state index contributed by atoms with van der Waals surface area (Å²) in [6.45, 7) is 7.53. The zero-order valence-electron chi connectivity index (χ0n) is 22.3. The average molecular weight is 557 g/mol. The van der Waals surface area contributed by atoms with E-state index in [-0.39, 0.29) is 36.6 Å². The van der Waals surface area contributed by atoms with Crippen LogP contribution in [0.4, 0.5) is 15.2 Å². The predicted molar refractivity (Wildman–Crippen MR) is 147 cm³/mol. The molecule has 1 unspecified atom stereocenters. The number of benzene rings is 2. The molecule has 0 radical (unpaired) electrons. The molecule has 1 aliphatic heterocycles. The number of halogens is 2. The van der Waals surface area contributed by atoms with E-state index in [0.717, 1.165) is 0 Å². The molecule has 0 spiro atoms. The van der Waals surface area contributed by atoms with Crippen molar-refractivity contribution in [1.29, 1.82) is 0 Å². The summed E-state index contributed by atoms with van der Waals surface area (Å²) in [6.07, 6.45) is -0.484. The number of ether oxygens (including phenoxy) is 1. The van der Waals surface area contributed by atoms with Crippen LogP contribution in [0.2, 0.25) is 5.02 Å². The summed E-state index contributed by atoms with van der Waals surface area (Å²) >= 11 is 6.50. The third-order valence-corrected chi connectivity index (χ3v) is 6.04. The fourth-order valence-corrected chi connectivity index (χ4v) is 4.11. The Bertz CT molecular complexity index is 1460. The average Bonchev–Trinajstić information content (AvgIpc) is 3.23. The molecule has 3 N–H and O–H groups in total. The number of aromatic nitrogens is 1. The standard InChI is InChI=1S/C27H30ClFN6O4/c1-15-21(23(36)30-12-13-35(5)26(37)39-27(2,3)4)22(17-8-6-7-9-18(17)28)33-24(31-15)34-25-32-19-11-10-16(29)14-20(19)38-25/h6-11,14,22H,12-13H2,1-5H3,(H,30,36)(H2,31,32,33,34). The van der Waals surface area contributed by atoms with E-state index in [1.165, 1.54) is 23.1 Å². The molecule has 10 nitrogen and oxygen atoms in total. The molecule has 1 aromatic heterocycles. The van der Waals surface area contributed by atoms with Crippen LogP contribution in [0.15, 0.2) is 63.1 Å². The Morgan fingerprint density at radius 1 is 1.23 bits per heavy atom. The number of anilines is 1. The van der Waals surface area contributed by atoms with Gasteiger partial charge in [0.25, 0.3) is 5.91 Å². The van der Waals surface area contributed by atoms with Gasteiger partial charge in [0.2, 0.25) is 5.96 Å². The monoisotopic (exact) mass is 556 g/mol. The summed E-state index contributed by atoms with van der Waals surface area (Å²) in [7, 11) is 1.60. The van der Waals surface area contributed by atoms with Gasteiger partial charge in [-0.05, 0) is 45.9 Å². The summed E-state index contributed by atoms with van der Waals surface area (Å²) in [5, 5.41) is 9.32. The Kier molecular flexibility index (Phi) is 8.10. The summed E-state index contributed by atoms with van der Waals surface area (Å²) in [6, 6.07) is 10.5. The Labute approximate surface area is 230 Å². The molecule has 39 heavy (non-hydrogen) atoms. The number of hydrogen-bond donors (Lipinski definition) is 3. The van der Waals surface area contributed by atoms with Gasteiger partial charge in [-0.3, -0.25) is 10.1 Å². The molecular weight excluding hydrogens is 527 g/mol. The number of amides is 2. The van der Waals surface area contributed by atoms with Crippen molar-refractivity contribution in [3.63, 3.8) is 0 Å². The second kappa shape index (κ2) is 11.3. The molecule has 12 heteroatoms. The highest BCUT2D eigenvalue weighted by molar-refractivity contribution is 6.31. The van der Waals surface area contributed by atoms with Gasteiger partial charge in [-0.25, -0.2) is 14.2 Å². The lowest BCUT2D eigenvalue weighted by atomic mass is 9.95. The number of carbonyl (C=O) groups is 2. The van der Waals surface area contributed by atoms with Gasteiger partial charge in [-0.1, -0.05) is 29.8 Å². The molecule has 206 valence electrons. The summed E-state index contributed by atoms with van der Waals surface area (Å²) in [5.41, 5.74) is 1.63. The summed E-state index contributed by atoms with van der Waals surface area (Å²) in [4.78, 5) is 36.0. The fraction of sp³-hybridized carbons (Fsp3) is 0.333. The highest BCUT2D eigenvalue weighted by Gasteiger charge is 2.31. The van der Waals surface area contributed by atoms with E-state index in [1.807, 2.05) is 6.07 Å². The number of rotatable bonds is 6. The van der Waals surface area contributed by atoms with Crippen molar-refractivity contribution in [2.75, 3.05) is 25.5 Å². The summed E-state index contributed by atoms with van der Waals surface area (Å²) in [5.74, 6) is -0.544. The van der Waals surface area contributed by atoms with Gasteiger partial charge < -0.3 is 24.7 Å². The van der Waals surface area contributed by atoms with Gasteiger partial charge in [-0.2, -0.15) is 4.98 Å². The van der Waals surface area contributed by atoms with Crippen LogP contribution in [0.3, 0.4) is 0 Å². The molecular formula is C27H30ClFN6O4. The van der Waals surface area contributed by atoms with Crippen molar-refractivity contribution in [3.8, 4) is 0 Å².